The van der Waals surface area contributed by atoms with Gasteiger partial charge in [0.05, 0.1) is 6.61 Å². The van der Waals surface area contributed by atoms with Gasteiger partial charge in [0, 0.05) is 0 Å². The lowest BCUT2D eigenvalue weighted by molar-refractivity contribution is -0.140. The van der Waals surface area contributed by atoms with Gasteiger partial charge in [0.15, 0.2) is 0 Å². The van der Waals surface area contributed by atoms with Crippen LogP contribution in [0.15, 0.2) is 0 Å². The molecule has 0 aliphatic rings. The summed E-state index contributed by atoms with van der Waals surface area (Å²) >= 11 is 0. The van der Waals surface area contributed by atoms with E-state index in [2.05, 4.69) is 12.2 Å². The van der Waals surface area contributed by atoms with Gasteiger partial charge in [-0.15, -0.1) is 0 Å². The van der Waals surface area contributed by atoms with Crippen LogP contribution in [0.3, 0.4) is 0 Å². The number of rotatable bonds is 22. The molecule has 0 aromatic rings. The Hall–Kier alpha value is -0.610. The second kappa shape index (κ2) is 21.7. The summed E-state index contributed by atoms with van der Waals surface area (Å²) in [6.45, 7) is 2.62. The molecule has 0 heterocycles. The Morgan fingerprint density at radius 3 is 1.30 bits per heavy atom. The van der Waals surface area contributed by atoms with Gasteiger partial charge >= 0.3 is 5.97 Å². The van der Waals surface area contributed by atoms with E-state index in [1.54, 1.807) is 0 Å². The lowest BCUT2D eigenvalue weighted by Crippen LogP contribution is -2.40. The molecular formula is C23H47NO3. The van der Waals surface area contributed by atoms with Crippen LogP contribution in [0.2, 0.25) is 0 Å². The number of aliphatic carboxylic acids is 1. The number of unbranched alkanes of at least 4 members (excludes halogenated alkanes) is 17. The summed E-state index contributed by atoms with van der Waals surface area (Å²) in [4.78, 5) is 10.7. The van der Waals surface area contributed by atoms with Crippen molar-refractivity contribution in [3.63, 3.8) is 0 Å². The fourth-order valence-corrected chi connectivity index (χ4v) is 3.53. The highest BCUT2D eigenvalue weighted by Gasteiger charge is 2.13. The minimum atomic E-state index is -0.972. The zero-order valence-corrected chi connectivity index (χ0v) is 18.0. The molecule has 0 aliphatic carbocycles. The third-order valence-corrected chi connectivity index (χ3v) is 5.40. The summed E-state index contributed by atoms with van der Waals surface area (Å²) in [6.07, 6.45) is 24.4. The van der Waals surface area contributed by atoms with Gasteiger partial charge < -0.3 is 15.5 Å². The summed E-state index contributed by atoms with van der Waals surface area (Å²) in [5, 5.41) is 20.6. The lowest BCUT2D eigenvalue weighted by Gasteiger charge is -2.10. The van der Waals surface area contributed by atoms with E-state index in [0.717, 1.165) is 12.8 Å². The van der Waals surface area contributed by atoms with Gasteiger partial charge in [-0.05, 0) is 13.0 Å². The van der Waals surface area contributed by atoms with Crippen LogP contribution < -0.4 is 5.32 Å². The van der Waals surface area contributed by atoms with Crippen LogP contribution in [0.1, 0.15) is 122 Å². The molecule has 0 fully saturated rings. The van der Waals surface area contributed by atoms with Crippen molar-refractivity contribution in [2.45, 2.75) is 129 Å². The van der Waals surface area contributed by atoms with E-state index in [9.17, 15) is 4.79 Å². The summed E-state index contributed by atoms with van der Waals surface area (Å²) in [5.74, 6) is -0.972. The van der Waals surface area contributed by atoms with E-state index >= 15 is 0 Å². The molecule has 27 heavy (non-hydrogen) atoms. The largest absolute Gasteiger partial charge is 0.480 e. The van der Waals surface area contributed by atoms with Crippen molar-refractivity contribution in [1.29, 1.82) is 0 Å². The third kappa shape index (κ3) is 19.9. The summed E-state index contributed by atoms with van der Waals surface area (Å²) in [5.41, 5.74) is 0. The van der Waals surface area contributed by atoms with Crippen LogP contribution >= 0.6 is 0 Å². The maximum atomic E-state index is 10.7. The number of aliphatic hydroxyl groups is 1. The number of carboxylic acids is 1. The predicted molar refractivity (Wildman–Crippen MR) is 115 cm³/mol. The Labute approximate surface area is 168 Å². The lowest BCUT2D eigenvalue weighted by atomic mass is 10.0. The Morgan fingerprint density at radius 2 is 1.00 bits per heavy atom. The topological polar surface area (TPSA) is 69.6 Å². The average Bonchev–Trinajstić information content (AvgIpc) is 2.66. The quantitative estimate of drug-likeness (QED) is 0.198. The minimum absolute atomic E-state index is 0.339. The number of carbonyl (C=O) groups is 1. The summed E-state index contributed by atoms with van der Waals surface area (Å²) < 4.78 is 0. The molecule has 0 radical (unpaired) electrons. The van der Waals surface area contributed by atoms with Gasteiger partial charge in [-0.25, -0.2) is 0 Å². The molecular weight excluding hydrogens is 338 g/mol. The molecule has 162 valence electrons. The second-order valence-corrected chi connectivity index (χ2v) is 8.04. The van der Waals surface area contributed by atoms with Crippen molar-refractivity contribution in [2.24, 2.45) is 0 Å². The molecule has 0 spiro atoms. The van der Waals surface area contributed by atoms with E-state index in [4.69, 9.17) is 10.2 Å². The molecule has 0 aliphatic heterocycles. The molecule has 0 saturated heterocycles. The molecule has 4 heteroatoms. The number of nitrogens with one attached hydrogen (secondary N) is 1. The first-order valence-corrected chi connectivity index (χ1v) is 11.8. The van der Waals surface area contributed by atoms with Crippen LogP contribution in [0.4, 0.5) is 0 Å². The molecule has 0 saturated carbocycles. The van der Waals surface area contributed by atoms with Gasteiger partial charge in [0.25, 0.3) is 0 Å². The van der Waals surface area contributed by atoms with E-state index in [0.29, 0.717) is 6.54 Å². The normalized spacial score (nSPS) is 12.4. The molecule has 0 bridgehead atoms. The molecule has 3 N–H and O–H groups in total. The number of hydrogen-bond acceptors (Lipinski definition) is 3. The zero-order valence-electron chi connectivity index (χ0n) is 18.0. The fraction of sp³-hybridized carbons (Fsp3) is 0.957. The van der Waals surface area contributed by atoms with Gasteiger partial charge in [0.1, 0.15) is 6.04 Å². The number of aliphatic hydroxyl groups excluding tert-OH is 1. The van der Waals surface area contributed by atoms with Gasteiger partial charge in [-0.2, -0.15) is 0 Å². The summed E-state index contributed by atoms with van der Waals surface area (Å²) in [7, 11) is 0. The highest BCUT2D eigenvalue weighted by atomic mass is 16.4. The van der Waals surface area contributed by atoms with Crippen molar-refractivity contribution in [1.82, 2.24) is 5.32 Å². The summed E-state index contributed by atoms with van der Waals surface area (Å²) in [6, 6.07) is -0.809. The highest BCUT2D eigenvalue weighted by molar-refractivity contribution is 5.73. The maximum absolute atomic E-state index is 10.7. The third-order valence-electron chi connectivity index (χ3n) is 5.40. The van der Waals surface area contributed by atoms with E-state index in [1.807, 2.05) is 0 Å². The number of hydrogen-bond donors (Lipinski definition) is 3. The van der Waals surface area contributed by atoms with Crippen molar-refractivity contribution in [3.8, 4) is 0 Å². The molecule has 4 nitrogen and oxygen atoms in total. The van der Waals surface area contributed by atoms with Crippen LogP contribution in [0.25, 0.3) is 0 Å². The zero-order chi connectivity index (χ0) is 20.0. The van der Waals surface area contributed by atoms with Crippen molar-refractivity contribution in [3.05, 3.63) is 0 Å². The maximum Gasteiger partial charge on any atom is 0.323 e. The SMILES string of the molecule is CCCCCCCCCCCCCCCCCCCCN[C@@H](CO)C(=O)O. The standard InChI is InChI=1S/C23H47NO3/c1-2-3-4-5-6-7-8-9-10-11-12-13-14-15-16-17-18-19-20-24-22(21-25)23(26)27/h22,24-25H,2-21H2,1H3,(H,26,27)/t22-/m0/s1. The second-order valence-electron chi connectivity index (χ2n) is 8.04. The molecule has 0 rings (SSSR count). The Balaban J connectivity index is 3.10. The van der Waals surface area contributed by atoms with Crippen LogP contribution in [-0.4, -0.2) is 35.4 Å². The highest BCUT2D eigenvalue weighted by Crippen LogP contribution is 2.14. The van der Waals surface area contributed by atoms with Crippen molar-refractivity contribution < 1.29 is 15.0 Å². The average molecular weight is 386 g/mol. The van der Waals surface area contributed by atoms with Crippen molar-refractivity contribution in [2.75, 3.05) is 13.2 Å². The van der Waals surface area contributed by atoms with E-state index < -0.39 is 12.0 Å². The van der Waals surface area contributed by atoms with Crippen LogP contribution in [0, 0.1) is 0 Å². The number of carboxylic acid groups (broad SMARTS) is 1. The van der Waals surface area contributed by atoms with E-state index in [1.165, 1.54) is 103 Å². The first kappa shape index (κ1) is 26.4. The van der Waals surface area contributed by atoms with Gasteiger partial charge in [-0.1, -0.05) is 116 Å². The van der Waals surface area contributed by atoms with Gasteiger partial charge in [0.2, 0.25) is 0 Å². The predicted octanol–water partition coefficient (Wildman–Crippen LogP) is 6.06. The smallest absolute Gasteiger partial charge is 0.323 e. The molecule has 0 unspecified atom stereocenters. The molecule has 0 amide bonds. The van der Waals surface area contributed by atoms with Crippen LogP contribution in [-0.2, 0) is 4.79 Å². The Morgan fingerprint density at radius 1 is 0.667 bits per heavy atom. The minimum Gasteiger partial charge on any atom is -0.480 e. The van der Waals surface area contributed by atoms with Gasteiger partial charge in [-0.3, -0.25) is 4.79 Å². The van der Waals surface area contributed by atoms with Crippen LogP contribution in [0.5, 0.6) is 0 Å². The Bertz CT molecular complexity index is 310. The molecule has 0 aromatic heterocycles. The Kier molecular flexibility index (Phi) is 21.2. The first-order valence-electron chi connectivity index (χ1n) is 11.8. The van der Waals surface area contributed by atoms with Crippen molar-refractivity contribution >= 4 is 5.97 Å². The first-order chi connectivity index (χ1) is 13.2. The molecule has 1 atom stereocenters. The fourth-order valence-electron chi connectivity index (χ4n) is 3.53. The molecule has 0 aromatic carbocycles. The van der Waals surface area contributed by atoms with E-state index in [-0.39, 0.29) is 6.61 Å². The monoisotopic (exact) mass is 385 g/mol.